The summed E-state index contributed by atoms with van der Waals surface area (Å²) < 4.78 is 15.7. The lowest BCUT2D eigenvalue weighted by Crippen LogP contribution is -2.36. The van der Waals surface area contributed by atoms with Crippen molar-refractivity contribution in [3.63, 3.8) is 0 Å². The number of fused-ring (bicyclic) bond motifs is 1. The van der Waals surface area contributed by atoms with Crippen LogP contribution in [0, 0.1) is 5.92 Å². The number of aromatic nitrogens is 4. The average Bonchev–Trinajstić information content (AvgIpc) is 3.50. The van der Waals surface area contributed by atoms with E-state index in [2.05, 4.69) is 9.47 Å². The number of rotatable bonds is 10. The van der Waals surface area contributed by atoms with Crippen LogP contribution in [0.1, 0.15) is 41.1 Å². The quantitative estimate of drug-likeness (QED) is 0.263. The number of ether oxygens (including phenoxy) is 2. The Morgan fingerprint density at radius 2 is 1.90 bits per heavy atom. The average molecular weight is 585 g/mol. The molecule has 0 radical (unpaired) electrons. The van der Waals surface area contributed by atoms with Gasteiger partial charge in [0.05, 0.1) is 46.5 Å². The number of carboxylic acids is 1. The van der Waals surface area contributed by atoms with E-state index in [0.717, 1.165) is 74.6 Å². The highest BCUT2D eigenvalue weighted by Crippen LogP contribution is 2.28. The number of hydrogen-bond donors (Lipinski definition) is 1. The molecule has 4 aromatic rings. The summed E-state index contributed by atoms with van der Waals surface area (Å²) in [5, 5.41) is 15.2. The number of carboxylic acid groups (broad SMARTS) is 1. The molecule has 0 aliphatic carbocycles. The molecule has 40 heavy (non-hydrogen) atoms. The predicted molar refractivity (Wildman–Crippen MR) is 152 cm³/mol. The van der Waals surface area contributed by atoms with Crippen LogP contribution in [0.15, 0.2) is 48.7 Å². The molecule has 2 aliphatic heterocycles. The first-order valence-electron chi connectivity index (χ1n) is 13.6. The molecule has 0 amide bonds. The van der Waals surface area contributed by atoms with Crippen LogP contribution in [0.5, 0.6) is 5.75 Å². The van der Waals surface area contributed by atoms with E-state index in [1.807, 2.05) is 16.9 Å². The van der Waals surface area contributed by atoms with Gasteiger partial charge >= 0.3 is 5.97 Å². The van der Waals surface area contributed by atoms with Crippen molar-refractivity contribution in [1.29, 1.82) is 0 Å². The topological polar surface area (TPSA) is 94.6 Å². The number of hydrogen-bond acceptors (Lipinski definition) is 6. The van der Waals surface area contributed by atoms with Gasteiger partial charge in [-0.15, -0.1) is 0 Å². The minimum Gasteiger partial charge on any atom is -0.486 e. The van der Waals surface area contributed by atoms with Gasteiger partial charge in [-0.3, -0.25) is 9.58 Å². The van der Waals surface area contributed by atoms with Crippen molar-refractivity contribution in [3.05, 3.63) is 75.8 Å². The molecule has 6 rings (SSSR count). The fraction of sp³-hybridized carbons (Fsp3) is 0.414. The van der Waals surface area contributed by atoms with Gasteiger partial charge in [-0.1, -0.05) is 23.2 Å². The lowest BCUT2D eigenvalue weighted by atomic mass is 9.97. The van der Waals surface area contributed by atoms with Gasteiger partial charge in [0.25, 0.3) is 0 Å². The van der Waals surface area contributed by atoms with Gasteiger partial charge < -0.3 is 19.1 Å². The molecule has 2 fully saturated rings. The monoisotopic (exact) mass is 583 g/mol. The minimum absolute atomic E-state index is 0.155. The molecule has 1 N–H and O–H groups in total. The predicted octanol–water partition coefficient (Wildman–Crippen LogP) is 5.52. The molecule has 1 unspecified atom stereocenters. The highest BCUT2D eigenvalue weighted by molar-refractivity contribution is 6.35. The van der Waals surface area contributed by atoms with Crippen LogP contribution in [0.25, 0.3) is 11.0 Å². The Labute approximate surface area is 242 Å². The molecular formula is C29H31Cl2N5O4. The van der Waals surface area contributed by atoms with E-state index in [0.29, 0.717) is 34.9 Å². The van der Waals surface area contributed by atoms with Crippen LogP contribution in [-0.2, 0) is 31.0 Å². The first-order valence-corrected chi connectivity index (χ1v) is 14.3. The van der Waals surface area contributed by atoms with Gasteiger partial charge in [0.15, 0.2) is 0 Å². The molecule has 2 aromatic heterocycles. The molecule has 2 saturated heterocycles. The number of likely N-dealkylation sites (tertiary alicyclic amines) is 1. The van der Waals surface area contributed by atoms with E-state index in [1.54, 1.807) is 36.4 Å². The summed E-state index contributed by atoms with van der Waals surface area (Å²) in [5.41, 5.74) is 2.81. The van der Waals surface area contributed by atoms with Crippen molar-refractivity contribution >= 4 is 40.2 Å². The minimum atomic E-state index is -0.930. The molecule has 0 saturated carbocycles. The maximum atomic E-state index is 11.6. The summed E-state index contributed by atoms with van der Waals surface area (Å²) in [6.07, 6.45) is 5.31. The third kappa shape index (κ3) is 6.12. The molecule has 2 aromatic carbocycles. The Morgan fingerprint density at radius 3 is 2.62 bits per heavy atom. The molecule has 210 valence electrons. The van der Waals surface area contributed by atoms with Crippen molar-refractivity contribution in [2.75, 3.05) is 19.7 Å². The zero-order valence-corrected chi connectivity index (χ0v) is 23.5. The van der Waals surface area contributed by atoms with E-state index in [9.17, 15) is 9.90 Å². The number of imidazole rings is 1. The maximum absolute atomic E-state index is 11.6. The fourth-order valence-electron chi connectivity index (χ4n) is 5.38. The number of benzene rings is 2. The van der Waals surface area contributed by atoms with E-state index < -0.39 is 5.97 Å². The molecule has 0 bridgehead atoms. The van der Waals surface area contributed by atoms with Crippen LogP contribution >= 0.6 is 23.2 Å². The molecule has 9 nitrogen and oxygen atoms in total. The number of nitrogens with zero attached hydrogens (tertiary/aromatic N) is 5. The Hall–Kier alpha value is -3.11. The lowest BCUT2D eigenvalue weighted by Gasteiger charge is -2.32. The Morgan fingerprint density at radius 1 is 1.07 bits per heavy atom. The molecular weight excluding hydrogens is 553 g/mol. The number of aromatic carboxylic acids is 1. The highest BCUT2D eigenvalue weighted by Gasteiger charge is 2.25. The molecule has 0 spiro atoms. The van der Waals surface area contributed by atoms with E-state index in [1.165, 1.54) is 0 Å². The molecule has 4 heterocycles. The maximum Gasteiger partial charge on any atom is 0.335 e. The van der Waals surface area contributed by atoms with Gasteiger partial charge in [-0.05, 0) is 80.7 Å². The fourth-order valence-corrected chi connectivity index (χ4v) is 5.84. The standard InChI is InChI=1S/C29H31Cl2N5O4/c30-21-2-4-27(24(31)14-21)40-18-22-7-11-35(33-22)15-19-5-9-34(10-6-19)17-28-32-25-3-1-20(29(37)38)13-26(25)36(28)16-23-8-12-39-23/h1-4,7,11,13-14,19,23H,5-6,8-10,12,15-18H2,(H,37,38). The van der Waals surface area contributed by atoms with Gasteiger partial charge in [0.2, 0.25) is 0 Å². The van der Waals surface area contributed by atoms with Crippen LogP contribution in [0.3, 0.4) is 0 Å². The second-order valence-electron chi connectivity index (χ2n) is 10.5. The summed E-state index contributed by atoms with van der Waals surface area (Å²) in [7, 11) is 0. The Balaban J connectivity index is 1.05. The van der Waals surface area contributed by atoms with E-state index in [4.69, 9.17) is 42.8 Å². The summed E-state index contributed by atoms with van der Waals surface area (Å²) >= 11 is 12.2. The normalized spacial score (nSPS) is 18.2. The van der Waals surface area contributed by atoms with Crippen molar-refractivity contribution in [2.24, 2.45) is 5.92 Å². The first-order chi connectivity index (χ1) is 19.4. The van der Waals surface area contributed by atoms with Crippen LogP contribution in [-0.4, -0.2) is 61.1 Å². The van der Waals surface area contributed by atoms with Crippen molar-refractivity contribution < 1.29 is 19.4 Å². The van der Waals surface area contributed by atoms with Gasteiger partial charge in [-0.2, -0.15) is 5.10 Å². The third-order valence-corrected chi connectivity index (χ3v) is 8.27. The zero-order valence-electron chi connectivity index (χ0n) is 22.0. The third-order valence-electron chi connectivity index (χ3n) is 7.74. The summed E-state index contributed by atoms with van der Waals surface area (Å²) in [6, 6.07) is 12.3. The summed E-state index contributed by atoms with van der Waals surface area (Å²) in [5.74, 6) is 1.16. The summed E-state index contributed by atoms with van der Waals surface area (Å²) in [4.78, 5) is 18.9. The number of carbonyl (C=O) groups is 1. The van der Waals surface area contributed by atoms with Crippen molar-refractivity contribution in [3.8, 4) is 5.75 Å². The zero-order chi connectivity index (χ0) is 27.6. The van der Waals surface area contributed by atoms with E-state index >= 15 is 0 Å². The second-order valence-corrected chi connectivity index (χ2v) is 11.4. The smallest absolute Gasteiger partial charge is 0.335 e. The molecule has 11 heteroatoms. The van der Waals surface area contributed by atoms with Crippen molar-refractivity contribution in [1.82, 2.24) is 24.2 Å². The Bertz CT molecular complexity index is 1510. The lowest BCUT2D eigenvalue weighted by molar-refractivity contribution is -0.0592. The Kier molecular flexibility index (Phi) is 7.98. The summed E-state index contributed by atoms with van der Waals surface area (Å²) in [6.45, 7) is 5.36. The van der Waals surface area contributed by atoms with Gasteiger partial charge in [0.1, 0.15) is 18.2 Å². The highest BCUT2D eigenvalue weighted by atomic mass is 35.5. The number of piperidine rings is 1. The van der Waals surface area contributed by atoms with Gasteiger partial charge in [-0.25, -0.2) is 9.78 Å². The van der Waals surface area contributed by atoms with E-state index in [-0.39, 0.29) is 11.7 Å². The van der Waals surface area contributed by atoms with Gasteiger partial charge in [0, 0.05) is 24.4 Å². The molecule has 2 aliphatic rings. The SMILES string of the molecule is O=C(O)c1ccc2nc(CN3CCC(Cn4ccc(COc5ccc(Cl)cc5Cl)n4)CC3)n(CC3CCO3)c2c1. The number of halogens is 2. The van der Waals surface area contributed by atoms with Crippen LogP contribution in [0.2, 0.25) is 10.0 Å². The molecule has 1 atom stereocenters. The second kappa shape index (κ2) is 11.8. The largest absolute Gasteiger partial charge is 0.486 e. The van der Waals surface area contributed by atoms with Crippen molar-refractivity contribution in [2.45, 2.75) is 51.6 Å². The van der Waals surface area contributed by atoms with Crippen LogP contribution < -0.4 is 4.74 Å². The first kappa shape index (κ1) is 27.1. The van der Waals surface area contributed by atoms with Crippen LogP contribution in [0.4, 0.5) is 0 Å².